The zero-order valence-electron chi connectivity index (χ0n) is 14.7. The molecule has 1 aromatic carbocycles. The smallest absolute Gasteiger partial charge is 0.422 e. The Balaban J connectivity index is 1.68. The molecule has 3 rings (SSSR count). The van der Waals surface area contributed by atoms with Crippen LogP contribution in [0, 0.1) is 6.92 Å². The van der Waals surface area contributed by atoms with Crippen molar-refractivity contribution in [3.05, 3.63) is 59.5 Å². The molecule has 0 aliphatic heterocycles. The van der Waals surface area contributed by atoms with E-state index in [-0.39, 0.29) is 11.7 Å². The van der Waals surface area contributed by atoms with Gasteiger partial charge in [-0.3, -0.25) is 9.78 Å². The van der Waals surface area contributed by atoms with Gasteiger partial charge in [0.2, 0.25) is 0 Å². The highest BCUT2D eigenvalue weighted by Gasteiger charge is 2.28. The Morgan fingerprint density at radius 1 is 1.30 bits per heavy atom. The van der Waals surface area contributed by atoms with Crippen molar-refractivity contribution in [3.8, 4) is 5.75 Å². The first-order valence-corrected chi connectivity index (χ1v) is 8.27. The minimum atomic E-state index is -4.41. The number of rotatable bonds is 5. The zero-order valence-corrected chi connectivity index (χ0v) is 14.7. The molecule has 1 atom stereocenters. The van der Waals surface area contributed by atoms with E-state index in [0.717, 1.165) is 16.5 Å². The number of H-pyrrole nitrogens is 1. The molecule has 5 nitrogen and oxygen atoms in total. The lowest BCUT2D eigenvalue weighted by Gasteiger charge is -2.14. The first-order chi connectivity index (χ1) is 12.7. The van der Waals surface area contributed by atoms with Crippen molar-refractivity contribution in [2.24, 2.45) is 0 Å². The maximum absolute atomic E-state index is 12.6. The van der Waals surface area contributed by atoms with Crippen LogP contribution in [0.5, 0.6) is 5.75 Å². The van der Waals surface area contributed by atoms with Crippen LogP contribution < -0.4 is 10.1 Å². The predicted molar refractivity (Wildman–Crippen MR) is 94.7 cm³/mol. The van der Waals surface area contributed by atoms with Gasteiger partial charge < -0.3 is 15.0 Å². The number of aryl methyl sites for hydroxylation is 1. The summed E-state index contributed by atoms with van der Waals surface area (Å²) in [5.74, 6) is -0.250. The van der Waals surface area contributed by atoms with E-state index < -0.39 is 18.8 Å². The molecule has 27 heavy (non-hydrogen) atoms. The van der Waals surface area contributed by atoms with Gasteiger partial charge in [0.1, 0.15) is 5.75 Å². The first-order valence-electron chi connectivity index (χ1n) is 8.27. The van der Waals surface area contributed by atoms with Gasteiger partial charge in [0.05, 0.1) is 23.5 Å². The molecule has 0 saturated carbocycles. The maximum Gasteiger partial charge on any atom is 0.422 e. The summed E-state index contributed by atoms with van der Waals surface area (Å²) in [6.07, 6.45) is -1.55. The van der Waals surface area contributed by atoms with Crippen LogP contribution in [0.2, 0.25) is 0 Å². The van der Waals surface area contributed by atoms with Gasteiger partial charge in [0.15, 0.2) is 6.61 Å². The van der Waals surface area contributed by atoms with Gasteiger partial charge in [0.25, 0.3) is 5.91 Å². The summed E-state index contributed by atoms with van der Waals surface area (Å²) < 4.78 is 41.1. The van der Waals surface area contributed by atoms with E-state index in [0.29, 0.717) is 11.3 Å². The summed E-state index contributed by atoms with van der Waals surface area (Å²) >= 11 is 0. The highest BCUT2D eigenvalue weighted by molar-refractivity contribution is 6.07. The normalized spacial score (nSPS) is 12.8. The molecule has 1 unspecified atom stereocenters. The molecule has 0 fully saturated rings. The van der Waals surface area contributed by atoms with Crippen molar-refractivity contribution in [2.45, 2.75) is 26.1 Å². The summed E-state index contributed by atoms with van der Waals surface area (Å²) in [5.41, 5.74) is 2.94. The SMILES string of the molecule is Cc1ccc2[nH]cc(C(=O)NC(C)c3ccc(OCC(F)(F)F)cn3)c2c1. The van der Waals surface area contributed by atoms with E-state index in [9.17, 15) is 18.0 Å². The molecular weight excluding hydrogens is 359 g/mol. The number of aromatic nitrogens is 2. The van der Waals surface area contributed by atoms with Crippen molar-refractivity contribution < 1.29 is 22.7 Å². The molecule has 2 aromatic heterocycles. The van der Waals surface area contributed by atoms with Crippen LogP contribution in [0.25, 0.3) is 10.9 Å². The average Bonchev–Trinajstić information content (AvgIpc) is 3.02. The number of carbonyl (C=O) groups is 1. The van der Waals surface area contributed by atoms with Crippen LogP contribution in [-0.4, -0.2) is 28.7 Å². The number of halogens is 3. The van der Waals surface area contributed by atoms with Crippen molar-refractivity contribution in [1.82, 2.24) is 15.3 Å². The Morgan fingerprint density at radius 2 is 2.07 bits per heavy atom. The van der Waals surface area contributed by atoms with Crippen LogP contribution in [-0.2, 0) is 0 Å². The molecule has 1 amide bonds. The third kappa shape index (κ3) is 4.58. The largest absolute Gasteiger partial charge is 0.483 e. The molecule has 0 aliphatic carbocycles. The number of carbonyl (C=O) groups excluding carboxylic acids is 1. The number of ether oxygens (including phenoxy) is 1. The van der Waals surface area contributed by atoms with E-state index in [4.69, 9.17) is 0 Å². The van der Waals surface area contributed by atoms with E-state index in [1.807, 2.05) is 25.1 Å². The van der Waals surface area contributed by atoms with Gasteiger partial charge in [-0.15, -0.1) is 0 Å². The Kier molecular flexibility index (Phi) is 5.07. The molecule has 3 aromatic rings. The predicted octanol–water partition coefficient (Wildman–Crippen LogP) is 4.30. The number of hydrogen-bond acceptors (Lipinski definition) is 3. The van der Waals surface area contributed by atoms with Gasteiger partial charge >= 0.3 is 6.18 Å². The Labute approximate surface area is 153 Å². The summed E-state index contributed by atoms with van der Waals surface area (Å²) in [7, 11) is 0. The number of hydrogen-bond donors (Lipinski definition) is 2. The van der Waals surface area contributed by atoms with Gasteiger partial charge in [-0.25, -0.2) is 0 Å². The number of pyridine rings is 1. The van der Waals surface area contributed by atoms with Gasteiger partial charge in [-0.05, 0) is 38.1 Å². The van der Waals surface area contributed by atoms with Crippen LogP contribution in [0.15, 0.2) is 42.7 Å². The number of aromatic amines is 1. The summed E-state index contributed by atoms with van der Waals surface area (Å²) in [6.45, 7) is 2.32. The van der Waals surface area contributed by atoms with Gasteiger partial charge in [-0.2, -0.15) is 13.2 Å². The lowest BCUT2D eigenvalue weighted by atomic mass is 10.1. The molecule has 0 bridgehead atoms. The number of amides is 1. The van der Waals surface area contributed by atoms with Crippen molar-refractivity contribution >= 4 is 16.8 Å². The number of fused-ring (bicyclic) bond motifs is 1. The highest BCUT2D eigenvalue weighted by Crippen LogP contribution is 2.22. The quantitative estimate of drug-likeness (QED) is 0.697. The van der Waals surface area contributed by atoms with Crippen LogP contribution in [0.3, 0.4) is 0 Å². The number of nitrogens with zero attached hydrogens (tertiary/aromatic N) is 1. The molecule has 142 valence electrons. The van der Waals surface area contributed by atoms with Crippen LogP contribution in [0.4, 0.5) is 13.2 Å². The topological polar surface area (TPSA) is 67.0 Å². The summed E-state index contributed by atoms with van der Waals surface area (Å²) in [5, 5.41) is 3.67. The fourth-order valence-corrected chi connectivity index (χ4v) is 2.67. The third-order valence-electron chi connectivity index (χ3n) is 4.03. The molecule has 0 saturated heterocycles. The average molecular weight is 377 g/mol. The fraction of sp³-hybridized carbons (Fsp3) is 0.263. The second-order valence-electron chi connectivity index (χ2n) is 6.27. The first kappa shape index (κ1) is 18.8. The lowest BCUT2D eigenvalue weighted by molar-refractivity contribution is -0.153. The van der Waals surface area contributed by atoms with E-state index >= 15 is 0 Å². The Bertz CT molecular complexity index is 949. The van der Waals surface area contributed by atoms with Gasteiger partial charge in [0, 0.05) is 17.1 Å². The lowest BCUT2D eigenvalue weighted by Crippen LogP contribution is -2.27. The highest BCUT2D eigenvalue weighted by atomic mass is 19.4. The van der Waals surface area contributed by atoms with E-state index in [2.05, 4.69) is 20.0 Å². The molecule has 0 spiro atoms. The van der Waals surface area contributed by atoms with Crippen molar-refractivity contribution in [1.29, 1.82) is 0 Å². The Hall–Kier alpha value is -3.03. The van der Waals surface area contributed by atoms with Crippen LogP contribution in [0.1, 0.15) is 34.6 Å². The van der Waals surface area contributed by atoms with Crippen molar-refractivity contribution in [3.63, 3.8) is 0 Å². The minimum Gasteiger partial charge on any atom is -0.483 e. The van der Waals surface area contributed by atoms with E-state index in [1.165, 1.54) is 18.3 Å². The minimum absolute atomic E-state index is 0.0155. The number of alkyl halides is 3. The number of benzene rings is 1. The second-order valence-corrected chi connectivity index (χ2v) is 6.27. The summed E-state index contributed by atoms with van der Waals surface area (Å²) in [4.78, 5) is 19.7. The summed E-state index contributed by atoms with van der Waals surface area (Å²) in [6, 6.07) is 8.28. The van der Waals surface area contributed by atoms with Gasteiger partial charge in [-0.1, -0.05) is 11.6 Å². The third-order valence-corrected chi connectivity index (χ3v) is 4.03. The van der Waals surface area contributed by atoms with E-state index in [1.54, 1.807) is 13.1 Å². The standard InChI is InChI=1S/C19H18F3N3O2/c1-11-3-5-17-14(7-11)15(9-24-17)18(26)25-12(2)16-6-4-13(8-23-16)27-10-19(20,21)22/h3-9,12,24H,10H2,1-2H3,(H,25,26). The molecule has 0 radical (unpaired) electrons. The zero-order chi connectivity index (χ0) is 19.6. The molecule has 0 aliphatic rings. The molecular formula is C19H18F3N3O2. The fourth-order valence-electron chi connectivity index (χ4n) is 2.67. The van der Waals surface area contributed by atoms with Crippen LogP contribution >= 0.6 is 0 Å². The number of nitrogens with one attached hydrogen (secondary N) is 2. The monoisotopic (exact) mass is 377 g/mol. The van der Waals surface area contributed by atoms with Crippen molar-refractivity contribution in [2.75, 3.05) is 6.61 Å². The second kappa shape index (κ2) is 7.30. The Morgan fingerprint density at radius 3 is 2.74 bits per heavy atom. The maximum atomic E-state index is 12.6. The molecule has 2 N–H and O–H groups in total. The molecule has 2 heterocycles. The molecule has 8 heteroatoms.